The molecule has 1 unspecified atom stereocenters. The Kier molecular flexibility index (Phi) is 7.90. The fraction of sp³-hybridized carbons (Fsp3) is 0.208. The molecular weight excluding hydrogens is 478 g/mol. The van der Waals surface area contributed by atoms with Gasteiger partial charge in [-0.3, -0.25) is 14.1 Å². The minimum Gasteiger partial charge on any atom is -0.480 e. The fourth-order valence-corrected chi connectivity index (χ4v) is 5.40. The zero-order valence-electron chi connectivity index (χ0n) is 18.6. The highest BCUT2D eigenvalue weighted by Crippen LogP contribution is 2.31. The summed E-state index contributed by atoms with van der Waals surface area (Å²) in [5.41, 5.74) is 0.944. The number of aliphatic carboxylic acids is 1. The smallest absolute Gasteiger partial charge is 0.327 e. The second kappa shape index (κ2) is 10.7. The molecule has 0 aliphatic carbocycles. The van der Waals surface area contributed by atoms with E-state index in [0.29, 0.717) is 5.69 Å². The normalized spacial score (nSPS) is 12.2. The van der Waals surface area contributed by atoms with E-state index in [2.05, 4.69) is 10.3 Å². The quantitative estimate of drug-likeness (QED) is 0.453. The van der Waals surface area contributed by atoms with Crippen LogP contribution < -0.4 is 9.62 Å². The number of carbonyl (C=O) groups is 2. The summed E-state index contributed by atoms with van der Waals surface area (Å²) in [5.74, 6) is -2.21. The predicted octanol–water partition coefficient (Wildman–Crippen LogP) is 4.22. The predicted molar refractivity (Wildman–Crippen MR) is 130 cm³/mol. The van der Waals surface area contributed by atoms with Crippen molar-refractivity contribution in [1.29, 1.82) is 0 Å². The number of halogens is 1. The Morgan fingerprint density at radius 1 is 1.06 bits per heavy atom. The van der Waals surface area contributed by atoms with E-state index in [-0.39, 0.29) is 33.6 Å². The zero-order valence-corrected chi connectivity index (χ0v) is 20.1. The van der Waals surface area contributed by atoms with Crippen LogP contribution in [0.4, 0.5) is 11.4 Å². The summed E-state index contributed by atoms with van der Waals surface area (Å²) in [6.45, 7) is 3.25. The second-order valence-electron chi connectivity index (χ2n) is 7.88. The summed E-state index contributed by atoms with van der Waals surface area (Å²) in [7, 11) is -4.35. The van der Waals surface area contributed by atoms with Crippen molar-refractivity contribution in [2.24, 2.45) is 5.92 Å². The highest BCUT2D eigenvalue weighted by molar-refractivity contribution is 7.93. The molecule has 178 valence electrons. The lowest BCUT2D eigenvalue weighted by atomic mass is 10.0. The van der Waals surface area contributed by atoms with E-state index >= 15 is 0 Å². The minimum absolute atomic E-state index is 0.0148. The first-order chi connectivity index (χ1) is 16.1. The molecule has 3 aromatic rings. The van der Waals surface area contributed by atoms with Crippen molar-refractivity contribution in [3.63, 3.8) is 0 Å². The number of aromatic nitrogens is 1. The number of carboxylic acids is 1. The summed E-state index contributed by atoms with van der Waals surface area (Å²) in [6.07, 6.45) is 1.59. The minimum atomic E-state index is -4.35. The van der Waals surface area contributed by atoms with Gasteiger partial charge in [0.2, 0.25) is 5.91 Å². The van der Waals surface area contributed by atoms with Crippen LogP contribution >= 0.6 is 11.6 Å². The van der Waals surface area contributed by atoms with Gasteiger partial charge in [0.1, 0.15) is 6.04 Å². The number of benzene rings is 2. The molecule has 2 N–H and O–H groups in total. The number of nitrogens with one attached hydrogen (secondary N) is 1. The van der Waals surface area contributed by atoms with Gasteiger partial charge in [-0.15, -0.1) is 0 Å². The third-order valence-electron chi connectivity index (χ3n) is 4.94. The summed E-state index contributed by atoms with van der Waals surface area (Å²) in [5, 5.41) is 12.8. The summed E-state index contributed by atoms with van der Waals surface area (Å²) in [6, 6.07) is 15.5. The molecule has 1 heterocycles. The van der Waals surface area contributed by atoms with Crippen molar-refractivity contribution >= 4 is 44.9 Å². The van der Waals surface area contributed by atoms with Crippen LogP contribution in [0, 0.1) is 5.92 Å². The average molecular weight is 502 g/mol. The average Bonchev–Trinajstić information content (AvgIpc) is 2.77. The van der Waals surface area contributed by atoms with Gasteiger partial charge in [-0.1, -0.05) is 43.6 Å². The van der Waals surface area contributed by atoms with Crippen LogP contribution in [0.1, 0.15) is 19.5 Å². The Balaban J connectivity index is 1.98. The number of sulfonamides is 1. The molecule has 1 aromatic heterocycles. The van der Waals surface area contributed by atoms with Gasteiger partial charge in [0.05, 0.1) is 17.0 Å². The molecule has 2 aromatic carbocycles. The van der Waals surface area contributed by atoms with E-state index < -0.39 is 28.0 Å². The Labute approximate surface area is 203 Å². The number of carboxylic acid groups (broad SMARTS) is 1. The van der Waals surface area contributed by atoms with Gasteiger partial charge in [0, 0.05) is 22.6 Å². The summed E-state index contributed by atoms with van der Waals surface area (Å²) < 4.78 is 28.3. The molecule has 0 aliphatic rings. The number of nitrogens with zero attached hydrogens (tertiary/aromatic N) is 2. The van der Waals surface area contributed by atoms with Gasteiger partial charge in [-0.2, -0.15) is 0 Å². The van der Waals surface area contributed by atoms with Gasteiger partial charge in [-0.05, 0) is 54.4 Å². The first kappa shape index (κ1) is 25.2. The van der Waals surface area contributed by atoms with Crippen molar-refractivity contribution in [3.8, 4) is 0 Å². The highest BCUT2D eigenvalue weighted by atomic mass is 35.5. The highest BCUT2D eigenvalue weighted by Gasteiger charge is 2.38. The Morgan fingerprint density at radius 2 is 1.79 bits per heavy atom. The molecule has 0 aliphatic heterocycles. The SMILES string of the molecule is CC(C)C(C(=O)O)N(c1cccc(Cl)c1)S(=O)(=O)c1cccc(NC(=O)Cc2ccccn2)c1. The largest absolute Gasteiger partial charge is 0.480 e. The fourth-order valence-electron chi connectivity index (χ4n) is 3.44. The lowest BCUT2D eigenvalue weighted by molar-refractivity contribution is -0.139. The Hall–Kier alpha value is -3.43. The zero-order chi connectivity index (χ0) is 24.9. The van der Waals surface area contributed by atoms with E-state index in [1.807, 2.05) is 0 Å². The van der Waals surface area contributed by atoms with Crippen molar-refractivity contribution in [1.82, 2.24) is 4.98 Å². The van der Waals surface area contributed by atoms with Crippen molar-refractivity contribution in [2.75, 3.05) is 9.62 Å². The van der Waals surface area contributed by atoms with Crippen molar-refractivity contribution < 1.29 is 23.1 Å². The lowest BCUT2D eigenvalue weighted by Crippen LogP contribution is -2.48. The van der Waals surface area contributed by atoms with Crippen LogP contribution in [0.15, 0.2) is 77.8 Å². The number of carbonyl (C=O) groups excluding carboxylic acids is 1. The molecule has 0 saturated carbocycles. The number of rotatable bonds is 9. The maximum atomic E-state index is 13.7. The maximum absolute atomic E-state index is 13.7. The van der Waals surface area contributed by atoms with Crippen LogP contribution in [0.3, 0.4) is 0 Å². The second-order valence-corrected chi connectivity index (χ2v) is 10.1. The summed E-state index contributed by atoms with van der Waals surface area (Å²) in [4.78, 5) is 28.5. The molecule has 8 nitrogen and oxygen atoms in total. The molecule has 0 fully saturated rings. The van der Waals surface area contributed by atoms with Crippen LogP contribution in [-0.4, -0.2) is 36.4 Å². The van der Waals surface area contributed by atoms with Crippen LogP contribution in [0.25, 0.3) is 0 Å². The maximum Gasteiger partial charge on any atom is 0.327 e. The molecule has 1 atom stereocenters. The number of hydrogen-bond acceptors (Lipinski definition) is 5. The van der Waals surface area contributed by atoms with E-state index in [9.17, 15) is 23.1 Å². The Bertz CT molecular complexity index is 1280. The molecular formula is C24H24ClN3O5S. The van der Waals surface area contributed by atoms with Gasteiger partial charge in [0.25, 0.3) is 10.0 Å². The summed E-state index contributed by atoms with van der Waals surface area (Å²) >= 11 is 6.08. The first-order valence-electron chi connectivity index (χ1n) is 10.4. The number of anilines is 2. The van der Waals surface area contributed by atoms with Crippen molar-refractivity contribution in [2.45, 2.75) is 31.2 Å². The van der Waals surface area contributed by atoms with E-state index in [1.165, 1.54) is 30.3 Å². The monoisotopic (exact) mass is 501 g/mol. The molecule has 10 heteroatoms. The van der Waals surface area contributed by atoms with Crippen LogP contribution in [0.5, 0.6) is 0 Å². The van der Waals surface area contributed by atoms with E-state index in [4.69, 9.17) is 11.6 Å². The third kappa shape index (κ3) is 5.92. The first-order valence-corrected chi connectivity index (χ1v) is 12.2. The molecule has 0 bridgehead atoms. The van der Waals surface area contributed by atoms with Gasteiger partial charge >= 0.3 is 5.97 Å². The molecule has 34 heavy (non-hydrogen) atoms. The van der Waals surface area contributed by atoms with Crippen molar-refractivity contribution in [3.05, 3.63) is 83.6 Å². The van der Waals surface area contributed by atoms with E-state index in [0.717, 1.165) is 4.31 Å². The number of pyridine rings is 1. The number of amides is 1. The van der Waals surface area contributed by atoms with Crippen LogP contribution in [-0.2, 0) is 26.0 Å². The van der Waals surface area contributed by atoms with Crippen LogP contribution in [0.2, 0.25) is 5.02 Å². The van der Waals surface area contributed by atoms with Gasteiger partial charge < -0.3 is 10.4 Å². The van der Waals surface area contributed by atoms with Gasteiger partial charge in [-0.25, -0.2) is 13.2 Å². The topological polar surface area (TPSA) is 117 Å². The molecule has 0 spiro atoms. The molecule has 3 rings (SSSR count). The van der Waals surface area contributed by atoms with E-state index in [1.54, 1.807) is 56.4 Å². The molecule has 0 radical (unpaired) electrons. The Morgan fingerprint density at radius 3 is 2.41 bits per heavy atom. The number of hydrogen-bond donors (Lipinski definition) is 2. The standard InChI is InChI=1S/C24H24ClN3O5S/c1-16(2)23(24(30)31)28(20-10-5-7-17(25)13-20)34(32,33)21-11-6-9-19(14-21)27-22(29)15-18-8-3-4-12-26-18/h3-14,16,23H,15H2,1-2H3,(H,27,29)(H,30,31). The molecule has 1 amide bonds. The van der Waals surface area contributed by atoms with Gasteiger partial charge in [0.15, 0.2) is 0 Å². The third-order valence-corrected chi connectivity index (χ3v) is 6.98. The molecule has 0 saturated heterocycles. The lowest BCUT2D eigenvalue weighted by Gasteiger charge is -2.32.